The summed E-state index contributed by atoms with van der Waals surface area (Å²) in [7, 11) is 0. The van der Waals surface area contributed by atoms with Gasteiger partial charge in [0.25, 0.3) is 0 Å². The van der Waals surface area contributed by atoms with Gasteiger partial charge >= 0.3 is 6.18 Å². The number of amidine groups is 1. The predicted molar refractivity (Wildman–Crippen MR) is 79.9 cm³/mol. The van der Waals surface area contributed by atoms with Crippen molar-refractivity contribution < 1.29 is 22.0 Å². The van der Waals surface area contributed by atoms with Crippen LogP contribution in [-0.2, 0) is 6.18 Å². The molecule has 0 atom stereocenters. The van der Waals surface area contributed by atoms with Crippen molar-refractivity contribution in [2.75, 3.05) is 0 Å². The first-order valence-electron chi connectivity index (χ1n) is 6.98. The highest BCUT2D eigenvalue weighted by Crippen LogP contribution is 2.34. The zero-order valence-corrected chi connectivity index (χ0v) is 13.4. The fourth-order valence-electron chi connectivity index (χ4n) is 2.04. The van der Waals surface area contributed by atoms with Crippen molar-refractivity contribution in [1.82, 2.24) is 0 Å². The van der Waals surface area contributed by atoms with E-state index in [0.29, 0.717) is 12.5 Å². The summed E-state index contributed by atoms with van der Waals surface area (Å²) in [6.45, 7) is 7.71. The Kier molecular flexibility index (Phi) is 5.56. The Labute approximate surface area is 131 Å². The summed E-state index contributed by atoms with van der Waals surface area (Å²) in [4.78, 5) is 3.85. The standard InChI is InChI=1S/C16H19F5N2/c1-5-9(15(2,3)4)8-23-14(22)10-6-7-11(17)12(13(10)18)16(19,20)21/h6-8H,5H2,1-4H3,(H2,22,23)/b9-8+. The van der Waals surface area contributed by atoms with E-state index < -0.39 is 34.8 Å². The van der Waals surface area contributed by atoms with E-state index in [1.54, 1.807) is 0 Å². The third-order valence-corrected chi connectivity index (χ3v) is 3.35. The smallest absolute Gasteiger partial charge is 0.383 e. The van der Waals surface area contributed by atoms with Crippen LogP contribution in [0.4, 0.5) is 22.0 Å². The van der Waals surface area contributed by atoms with Gasteiger partial charge in [-0.2, -0.15) is 13.2 Å². The number of allylic oxidation sites excluding steroid dienone is 1. The third kappa shape index (κ3) is 4.53. The van der Waals surface area contributed by atoms with Gasteiger partial charge in [0.05, 0.1) is 5.56 Å². The van der Waals surface area contributed by atoms with E-state index in [1.807, 2.05) is 27.7 Å². The van der Waals surface area contributed by atoms with Crippen LogP contribution in [0, 0.1) is 17.0 Å². The molecule has 0 unspecified atom stereocenters. The van der Waals surface area contributed by atoms with Crippen molar-refractivity contribution in [2.24, 2.45) is 16.1 Å². The topological polar surface area (TPSA) is 38.4 Å². The lowest BCUT2D eigenvalue weighted by atomic mass is 9.85. The molecule has 23 heavy (non-hydrogen) atoms. The Hall–Kier alpha value is -1.92. The highest BCUT2D eigenvalue weighted by Gasteiger charge is 2.39. The molecule has 0 spiro atoms. The average molecular weight is 334 g/mol. The zero-order chi connectivity index (χ0) is 18.0. The lowest BCUT2D eigenvalue weighted by molar-refractivity contribution is -0.142. The van der Waals surface area contributed by atoms with Crippen molar-refractivity contribution in [3.8, 4) is 0 Å². The number of halogens is 5. The molecule has 0 saturated heterocycles. The molecule has 2 N–H and O–H groups in total. The lowest BCUT2D eigenvalue weighted by Gasteiger charge is -2.21. The molecule has 1 aromatic carbocycles. The summed E-state index contributed by atoms with van der Waals surface area (Å²) < 4.78 is 65.4. The first kappa shape index (κ1) is 19.1. The van der Waals surface area contributed by atoms with Crippen LogP contribution in [0.2, 0.25) is 0 Å². The first-order chi connectivity index (χ1) is 10.4. The maximum Gasteiger partial charge on any atom is 0.422 e. The molecule has 0 aliphatic heterocycles. The van der Waals surface area contributed by atoms with Gasteiger partial charge in [0.1, 0.15) is 23.0 Å². The van der Waals surface area contributed by atoms with Gasteiger partial charge in [0.2, 0.25) is 0 Å². The van der Waals surface area contributed by atoms with E-state index in [9.17, 15) is 22.0 Å². The van der Waals surface area contributed by atoms with E-state index in [1.165, 1.54) is 6.20 Å². The number of hydrogen-bond donors (Lipinski definition) is 1. The minimum Gasteiger partial charge on any atom is -0.383 e. The number of nitrogens with zero attached hydrogens (tertiary/aromatic N) is 1. The molecule has 7 heteroatoms. The Morgan fingerprint density at radius 3 is 2.17 bits per heavy atom. The number of alkyl halides is 3. The summed E-state index contributed by atoms with van der Waals surface area (Å²) in [5, 5.41) is 0. The first-order valence-corrected chi connectivity index (χ1v) is 6.98. The second-order valence-corrected chi connectivity index (χ2v) is 6.05. The number of benzene rings is 1. The molecule has 128 valence electrons. The second kappa shape index (κ2) is 6.68. The molecular formula is C16H19F5N2. The molecule has 0 aliphatic rings. The normalized spacial score (nSPS) is 14.3. The molecule has 1 rings (SSSR count). The molecule has 0 radical (unpaired) electrons. The van der Waals surface area contributed by atoms with Crippen molar-refractivity contribution in [2.45, 2.75) is 40.3 Å². The number of aliphatic imine (C=N–C) groups is 1. The highest BCUT2D eigenvalue weighted by atomic mass is 19.4. The Morgan fingerprint density at radius 1 is 1.17 bits per heavy atom. The van der Waals surface area contributed by atoms with Crippen LogP contribution < -0.4 is 5.73 Å². The molecule has 0 fully saturated rings. The van der Waals surface area contributed by atoms with Gasteiger partial charge in [-0.15, -0.1) is 0 Å². The van der Waals surface area contributed by atoms with Crippen LogP contribution in [0.25, 0.3) is 0 Å². The zero-order valence-electron chi connectivity index (χ0n) is 13.4. The van der Waals surface area contributed by atoms with Crippen LogP contribution in [0.5, 0.6) is 0 Å². The van der Waals surface area contributed by atoms with Gasteiger partial charge in [-0.3, -0.25) is 0 Å². The summed E-state index contributed by atoms with van der Waals surface area (Å²) >= 11 is 0. The largest absolute Gasteiger partial charge is 0.422 e. The van der Waals surface area contributed by atoms with Crippen molar-refractivity contribution in [3.63, 3.8) is 0 Å². The number of hydrogen-bond acceptors (Lipinski definition) is 1. The molecule has 0 heterocycles. The van der Waals surface area contributed by atoms with Gasteiger partial charge < -0.3 is 5.73 Å². The fourth-order valence-corrected chi connectivity index (χ4v) is 2.04. The van der Waals surface area contributed by atoms with Crippen LogP contribution in [0.1, 0.15) is 45.2 Å². The molecule has 0 aliphatic carbocycles. The number of rotatable bonds is 3. The summed E-state index contributed by atoms with van der Waals surface area (Å²) in [6.07, 6.45) is -3.09. The van der Waals surface area contributed by atoms with Gasteiger partial charge in [-0.25, -0.2) is 13.8 Å². The maximum absolute atomic E-state index is 14.0. The van der Waals surface area contributed by atoms with Crippen LogP contribution in [0.3, 0.4) is 0 Å². The molecule has 0 amide bonds. The summed E-state index contributed by atoms with van der Waals surface area (Å²) in [5.74, 6) is -3.89. The molecule has 0 bridgehead atoms. The highest BCUT2D eigenvalue weighted by molar-refractivity contribution is 5.98. The maximum atomic E-state index is 14.0. The minimum absolute atomic E-state index is 0.211. The minimum atomic E-state index is -5.15. The predicted octanol–water partition coefficient (Wildman–Crippen LogP) is 5.03. The van der Waals surface area contributed by atoms with Gasteiger partial charge in [-0.05, 0) is 29.5 Å². The van der Waals surface area contributed by atoms with Crippen LogP contribution in [0.15, 0.2) is 28.9 Å². The Morgan fingerprint density at radius 2 is 1.74 bits per heavy atom. The van der Waals surface area contributed by atoms with E-state index in [4.69, 9.17) is 5.73 Å². The fraction of sp³-hybridized carbons (Fsp3) is 0.438. The molecule has 0 saturated carbocycles. The lowest BCUT2D eigenvalue weighted by Crippen LogP contribution is -2.20. The van der Waals surface area contributed by atoms with Crippen molar-refractivity contribution >= 4 is 5.84 Å². The molecule has 0 aromatic heterocycles. The quantitative estimate of drug-likeness (QED) is 0.470. The van der Waals surface area contributed by atoms with Crippen molar-refractivity contribution in [1.29, 1.82) is 0 Å². The third-order valence-electron chi connectivity index (χ3n) is 3.35. The van der Waals surface area contributed by atoms with Gasteiger partial charge in [0, 0.05) is 6.20 Å². The molecular weight excluding hydrogens is 315 g/mol. The second-order valence-electron chi connectivity index (χ2n) is 6.05. The monoisotopic (exact) mass is 334 g/mol. The average Bonchev–Trinajstić information content (AvgIpc) is 2.35. The summed E-state index contributed by atoms with van der Waals surface area (Å²) in [5.41, 5.74) is 3.70. The van der Waals surface area contributed by atoms with Gasteiger partial charge in [0.15, 0.2) is 0 Å². The Balaban J connectivity index is 3.37. The van der Waals surface area contributed by atoms with Crippen LogP contribution in [-0.4, -0.2) is 5.84 Å². The van der Waals surface area contributed by atoms with E-state index in [-0.39, 0.29) is 5.41 Å². The van der Waals surface area contributed by atoms with Gasteiger partial charge in [-0.1, -0.05) is 27.7 Å². The van der Waals surface area contributed by atoms with E-state index in [2.05, 4.69) is 4.99 Å². The molecule has 1 aromatic rings. The SMILES string of the molecule is CC/C(=C\N=C(N)c1ccc(F)c(C(F)(F)F)c1F)C(C)(C)C. The summed E-state index contributed by atoms with van der Waals surface area (Å²) in [6, 6.07) is 1.37. The molecule has 2 nitrogen and oxygen atoms in total. The van der Waals surface area contributed by atoms with Crippen molar-refractivity contribution in [3.05, 3.63) is 46.7 Å². The van der Waals surface area contributed by atoms with E-state index in [0.717, 1.165) is 11.6 Å². The van der Waals surface area contributed by atoms with E-state index >= 15 is 0 Å². The van der Waals surface area contributed by atoms with Crippen LogP contribution >= 0.6 is 0 Å². The Bertz CT molecular complexity index is 637. The number of nitrogens with two attached hydrogens (primary N) is 1.